The molecular formula is C11H12ClN3O2. The molecule has 0 aliphatic rings. The van der Waals surface area contributed by atoms with E-state index in [1.807, 2.05) is 12.1 Å². The summed E-state index contributed by atoms with van der Waals surface area (Å²) in [6.45, 7) is 1.22. The highest BCUT2D eigenvalue weighted by molar-refractivity contribution is 6.30. The minimum absolute atomic E-state index is 0.276. The number of hydrogen-bond acceptors (Lipinski definition) is 5. The summed E-state index contributed by atoms with van der Waals surface area (Å²) in [5.74, 6) is 0.955. The quantitative estimate of drug-likeness (QED) is 0.824. The van der Waals surface area contributed by atoms with Gasteiger partial charge in [-0.15, -0.1) is 0 Å². The second-order valence-corrected chi connectivity index (χ2v) is 3.80. The van der Waals surface area contributed by atoms with Crippen molar-refractivity contribution < 1.29 is 9.26 Å². The lowest BCUT2D eigenvalue weighted by atomic mass is 10.2. The van der Waals surface area contributed by atoms with Crippen LogP contribution in [0.2, 0.25) is 5.02 Å². The van der Waals surface area contributed by atoms with Gasteiger partial charge in [-0.3, -0.25) is 0 Å². The summed E-state index contributed by atoms with van der Waals surface area (Å²) in [7, 11) is 0. The third kappa shape index (κ3) is 3.26. The molecule has 0 aliphatic carbocycles. The molecule has 2 rings (SSSR count). The molecule has 1 heterocycles. The van der Waals surface area contributed by atoms with Crippen molar-refractivity contribution in [1.29, 1.82) is 0 Å². The lowest BCUT2D eigenvalue weighted by molar-refractivity contribution is 0.104. The Morgan fingerprint density at radius 3 is 2.76 bits per heavy atom. The number of nitrogens with two attached hydrogens (primary N) is 1. The lowest BCUT2D eigenvalue weighted by Crippen LogP contribution is -2.08. The zero-order valence-corrected chi connectivity index (χ0v) is 9.85. The molecule has 2 N–H and O–H groups in total. The Labute approximate surface area is 104 Å². The third-order valence-electron chi connectivity index (χ3n) is 2.06. The summed E-state index contributed by atoms with van der Waals surface area (Å²) >= 11 is 5.79. The molecule has 0 saturated heterocycles. The van der Waals surface area contributed by atoms with E-state index in [1.165, 1.54) is 0 Å². The van der Waals surface area contributed by atoms with E-state index in [1.54, 1.807) is 12.1 Å². The largest absolute Gasteiger partial charge is 0.370 e. The molecule has 6 heteroatoms. The molecule has 0 spiro atoms. The monoisotopic (exact) mass is 253 g/mol. The van der Waals surface area contributed by atoms with E-state index >= 15 is 0 Å². The fourth-order valence-electron chi connectivity index (χ4n) is 1.27. The van der Waals surface area contributed by atoms with Crippen molar-refractivity contribution in [1.82, 2.24) is 10.1 Å². The van der Waals surface area contributed by atoms with Gasteiger partial charge < -0.3 is 15.0 Å². The van der Waals surface area contributed by atoms with Gasteiger partial charge >= 0.3 is 0 Å². The van der Waals surface area contributed by atoms with Crippen LogP contribution in [0.1, 0.15) is 5.89 Å². The van der Waals surface area contributed by atoms with E-state index in [2.05, 4.69) is 10.1 Å². The number of nitrogens with zero attached hydrogens (tertiary/aromatic N) is 2. The minimum atomic E-state index is 0.276. The van der Waals surface area contributed by atoms with Crippen molar-refractivity contribution in [2.75, 3.05) is 13.2 Å². The van der Waals surface area contributed by atoms with Crippen molar-refractivity contribution >= 4 is 11.6 Å². The van der Waals surface area contributed by atoms with Gasteiger partial charge in [0.25, 0.3) is 5.89 Å². The van der Waals surface area contributed by atoms with Gasteiger partial charge in [0, 0.05) is 17.1 Å². The summed E-state index contributed by atoms with van der Waals surface area (Å²) in [5.41, 5.74) is 6.15. The first-order valence-corrected chi connectivity index (χ1v) is 5.53. The van der Waals surface area contributed by atoms with Gasteiger partial charge in [-0.05, 0) is 24.3 Å². The van der Waals surface area contributed by atoms with Crippen molar-refractivity contribution in [3.63, 3.8) is 0 Å². The highest BCUT2D eigenvalue weighted by Crippen LogP contribution is 2.18. The molecule has 0 aliphatic heterocycles. The van der Waals surface area contributed by atoms with Crippen LogP contribution in [0.15, 0.2) is 28.8 Å². The Balaban J connectivity index is 2.04. The number of hydrogen-bond donors (Lipinski definition) is 1. The van der Waals surface area contributed by atoms with Crippen LogP contribution in [-0.4, -0.2) is 23.3 Å². The van der Waals surface area contributed by atoms with Crippen molar-refractivity contribution in [2.45, 2.75) is 6.61 Å². The fraction of sp³-hybridized carbons (Fsp3) is 0.273. The standard InChI is InChI=1S/C11H12ClN3O2/c12-9-3-1-8(2-4-9)11-14-10(17-15-11)7-16-6-5-13/h1-4H,5-7,13H2. The van der Waals surface area contributed by atoms with Crippen LogP contribution in [0, 0.1) is 0 Å². The molecule has 0 bridgehead atoms. The number of aromatic nitrogens is 2. The van der Waals surface area contributed by atoms with E-state index < -0.39 is 0 Å². The summed E-state index contributed by atoms with van der Waals surface area (Å²) in [4.78, 5) is 4.20. The number of halogens is 1. The molecule has 0 unspecified atom stereocenters. The first-order valence-electron chi connectivity index (χ1n) is 5.16. The van der Waals surface area contributed by atoms with Crippen LogP contribution in [0.3, 0.4) is 0 Å². The second-order valence-electron chi connectivity index (χ2n) is 3.36. The van der Waals surface area contributed by atoms with Crippen LogP contribution < -0.4 is 5.73 Å². The number of benzene rings is 1. The predicted molar refractivity (Wildman–Crippen MR) is 63.5 cm³/mol. The van der Waals surface area contributed by atoms with Crippen LogP contribution in [0.25, 0.3) is 11.4 Å². The molecular weight excluding hydrogens is 242 g/mol. The zero-order valence-electron chi connectivity index (χ0n) is 9.10. The van der Waals surface area contributed by atoms with Gasteiger partial charge in [0.1, 0.15) is 6.61 Å². The molecule has 0 saturated carbocycles. The first kappa shape index (κ1) is 12.0. The van der Waals surface area contributed by atoms with Crippen molar-refractivity contribution in [2.24, 2.45) is 5.73 Å². The van der Waals surface area contributed by atoms with Gasteiger partial charge in [-0.25, -0.2) is 0 Å². The maximum absolute atomic E-state index is 5.79. The van der Waals surface area contributed by atoms with Crippen LogP contribution >= 0.6 is 11.6 Å². The molecule has 17 heavy (non-hydrogen) atoms. The van der Waals surface area contributed by atoms with Crippen LogP contribution in [0.5, 0.6) is 0 Å². The topological polar surface area (TPSA) is 74.2 Å². The molecule has 5 nitrogen and oxygen atoms in total. The summed E-state index contributed by atoms with van der Waals surface area (Å²) in [6, 6.07) is 7.21. The predicted octanol–water partition coefficient (Wildman–Crippen LogP) is 1.87. The summed E-state index contributed by atoms with van der Waals surface area (Å²) in [6.07, 6.45) is 0. The van der Waals surface area contributed by atoms with Crippen LogP contribution in [0.4, 0.5) is 0 Å². The number of ether oxygens (including phenoxy) is 1. The van der Waals surface area contributed by atoms with Gasteiger partial charge in [0.05, 0.1) is 6.61 Å². The van der Waals surface area contributed by atoms with Crippen LogP contribution in [-0.2, 0) is 11.3 Å². The zero-order chi connectivity index (χ0) is 12.1. The summed E-state index contributed by atoms with van der Waals surface area (Å²) < 4.78 is 10.2. The van der Waals surface area contributed by atoms with E-state index in [4.69, 9.17) is 26.6 Å². The molecule has 90 valence electrons. The van der Waals surface area contributed by atoms with Gasteiger partial charge in [-0.1, -0.05) is 16.8 Å². The lowest BCUT2D eigenvalue weighted by Gasteiger charge is -1.95. The minimum Gasteiger partial charge on any atom is -0.370 e. The molecule has 0 amide bonds. The first-order chi connectivity index (χ1) is 8.29. The second kappa shape index (κ2) is 5.77. The molecule has 0 radical (unpaired) electrons. The average molecular weight is 254 g/mol. The maximum Gasteiger partial charge on any atom is 0.252 e. The van der Waals surface area contributed by atoms with Crippen molar-refractivity contribution in [3.8, 4) is 11.4 Å². The highest BCUT2D eigenvalue weighted by Gasteiger charge is 2.08. The Hall–Kier alpha value is -1.43. The third-order valence-corrected chi connectivity index (χ3v) is 2.31. The van der Waals surface area contributed by atoms with Gasteiger partial charge in [0.2, 0.25) is 5.82 Å². The van der Waals surface area contributed by atoms with Gasteiger partial charge in [-0.2, -0.15) is 4.98 Å². The molecule has 0 fully saturated rings. The summed E-state index contributed by atoms with van der Waals surface area (Å²) in [5, 5.41) is 4.52. The Morgan fingerprint density at radius 1 is 1.29 bits per heavy atom. The smallest absolute Gasteiger partial charge is 0.252 e. The van der Waals surface area contributed by atoms with E-state index in [9.17, 15) is 0 Å². The SMILES string of the molecule is NCCOCc1nc(-c2ccc(Cl)cc2)no1. The molecule has 0 atom stereocenters. The molecule has 2 aromatic rings. The normalized spacial score (nSPS) is 10.7. The van der Waals surface area contributed by atoms with E-state index in [-0.39, 0.29) is 6.61 Å². The Kier molecular flexibility index (Phi) is 4.08. The Bertz CT molecular complexity index is 470. The van der Waals surface area contributed by atoms with E-state index in [0.29, 0.717) is 29.9 Å². The van der Waals surface area contributed by atoms with Gasteiger partial charge in [0.15, 0.2) is 0 Å². The molecule has 1 aromatic heterocycles. The Morgan fingerprint density at radius 2 is 2.06 bits per heavy atom. The van der Waals surface area contributed by atoms with Crippen molar-refractivity contribution in [3.05, 3.63) is 35.2 Å². The average Bonchev–Trinajstić information content (AvgIpc) is 2.79. The molecule has 1 aromatic carbocycles. The maximum atomic E-state index is 5.79. The number of rotatable bonds is 5. The fourth-order valence-corrected chi connectivity index (χ4v) is 1.40. The van der Waals surface area contributed by atoms with E-state index in [0.717, 1.165) is 5.56 Å². The highest BCUT2D eigenvalue weighted by atomic mass is 35.5.